The van der Waals surface area contributed by atoms with Crippen molar-refractivity contribution in [1.29, 1.82) is 0 Å². The van der Waals surface area contributed by atoms with Gasteiger partial charge >= 0.3 is 6.18 Å². The molecule has 0 radical (unpaired) electrons. The lowest BCUT2D eigenvalue weighted by Gasteiger charge is -2.43. The summed E-state index contributed by atoms with van der Waals surface area (Å²) in [5, 5.41) is -0.378. The van der Waals surface area contributed by atoms with E-state index in [1.54, 1.807) is 15.9 Å². The molecule has 174 valence electrons. The topological polar surface area (TPSA) is 66.4 Å². The van der Waals surface area contributed by atoms with Crippen molar-refractivity contribution in [2.45, 2.75) is 25.1 Å². The molecule has 2 aliphatic rings. The molecule has 6 nitrogen and oxygen atoms in total. The number of carbonyl (C=O) groups excluding carboxylic acids is 1. The Labute approximate surface area is 187 Å². The first-order valence-electron chi connectivity index (χ1n) is 10.1. The summed E-state index contributed by atoms with van der Waals surface area (Å²) >= 11 is 0.942. The van der Waals surface area contributed by atoms with E-state index >= 15 is 0 Å². The Hall–Kier alpha value is -2.21. The molecule has 2 aliphatic heterocycles. The second kappa shape index (κ2) is 8.62. The molecule has 1 unspecified atom stereocenters. The Balaban J connectivity index is 1.55. The summed E-state index contributed by atoms with van der Waals surface area (Å²) in [4.78, 5) is 24.3. The Kier molecular flexibility index (Phi) is 6.19. The van der Waals surface area contributed by atoms with E-state index in [4.69, 9.17) is 0 Å². The van der Waals surface area contributed by atoms with E-state index in [1.165, 1.54) is 6.07 Å². The molecular formula is C20H22F4N4O2S2. The van der Waals surface area contributed by atoms with E-state index in [-0.39, 0.29) is 23.5 Å². The molecular weight excluding hydrogens is 468 g/mol. The van der Waals surface area contributed by atoms with Crippen LogP contribution in [0.3, 0.4) is 0 Å². The monoisotopic (exact) mass is 490 g/mol. The summed E-state index contributed by atoms with van der Waals surface area (Å²) in [5.41, 5.74) is 0.404. The van der Waals surface area contributed by atoms with Crippen LogP contribution in [0.25, 0.3) is 0 Å². The van der Waals surface area contributed by atoms with Crippen molar-refractivity contribution in [2.75, 3.05) is 36.0 Å². The van der Waals surface area contributed by atoms with Crippen molar-refractivity contribution < 1.29 is 26.6 Å². The van der Waals surface area contributed by atoms with Gasteiger partial charge in [0.15, 0.2) is 5.13 Å². The number of piperazine rings is 1. The second-order valence-electron chi connectivity index (χ2n) is 8.05. The molecule has 0 N–H and O–H groups in total. The first-order chi connectivity index (χ1) is 15.0. The first-order valence-corrected chi connectivity index (χ1v) is 12.9. The molecule has 0 bridgehead atoms. The molecule has 32 heavy (non-hydrogen) atoms. The van der Waals surface area contributed by atoms with Crippen LogP contribution in [0.1, 0.15) is 29.6 Å². The first kappa shape index (κ1) is 23.0. The van der Waals surface area contributed by atoms with E-state index < -0.39 is 27.6 Å². The predicted octanol–water partition coefficient (Wildman–Crippen LogP) is 3.21. The van der Waals surface area contributed by atoms with Gasteiger partial charge in [-0.05, 0) is 40.4 Å². The SMILES string of the molecule is C=S1(=O)CCC(C(=O)N2CCN(c3cnc(C(F)(F)F)nc3)CC2c2ccc(F)s2)CC1. The molecule has 2 aromatic heterocycles. The van der Waals surface area contributed by atoms with Crippen molar-refractivity contribution in [3.8, 4) is 0 Å². The fourth-order valence-corrected chi connectivity index (χ4v) is 6.57. The van der Waals surface area contributed by atoms with E-state index in [2.05, 4.69) is 15.8 Å². The molecule has 0 spiro atoms. The summed E-state index contributed by atoms with van der Waals surface area (Å²) in [7, 11) is -2.12. The largest absolute Gasteiger partial charge is 0.451 e. The molecule has 2 fully saturated rings. The summed E-state index contributed by atoms with van der Waals surface area (Å²) in [6.45, 7) is 0.975. The maximum atomic E-state index is 13.8. The van der Waals surface area contributed by atoms with Gasteiger partial charge in [0.2, 0.25) is 11.7 Å². The molecule has 0 aromatic carbocycles. The molecule has 4 heterocycles. The fraction of sp³-hybridized carbons (Fsp3) is 0.500. The van der Waals surface area contributed by atoms with Crippen LogP contribution < -0.4 is 4.90 Å². The lowest BCUT2D eigenvalue weighted by atomic mass is 9.98. The van der Waals surface area contributed by atoms with Gasteiger partial charge in [0.25, 0.3) is 0 Å². The van der Waals surface area contributed by atoms with Crippen LogP contribution >= 0.6 is 11.3 Å². The molecule has 0 aliphatic carbocycles. The van der Waals surface area contributed by atoms with Gasteiger partial charge in [-0.25, -0.2) is 9.97 Å². The van der Waals surface area contributed by atoms with Gasteiger partial charge in [-0.3, -0.25) is 9.00 Å². The van der Waals surface area contributed by atoms with Crippen molar-refractivity contribution in [3.63, 3.8) is 0 Å². The average Bonchev–Trinajstić information content (AvgIpc) is 3.18. The molecule has 0 saturated carbocycles. The molecule has 2 saturated heterocycles. The number of aromatic nitrogens is 2. The number of nitrogens with zero attached hydrogens (tertiary/aromatic N) is 4. The number of halogens is 4. The minimum atomic E-state index is -4.63. The third-order valence-electron chi connectivity index (χ3n) is 5.87. The molecule has 2 aromatic rings. The van der Waals surface area contributed by atoms with Crippen LogP contribution in [-0.4, -0.2) is 62.0 Å². The van der Waals surface area contributed by atoms with E-state index in [0.29, 0.717) is 48.0 Å². The molecule has 4 rings (SSSR count). The van der Waals surface area contributed by atoms with E-state index in [1.807, 2.05) is 0 Å². The number of anilines is 1. The number of alkyl halides is 3. The normalized spacial score (nSPS) is 26.9. The summed E-state index contributed by atoms with van der Waals surface area (Å²) in [5.74, 6) is 3.01. The van der Waals surface area contributed by atoms with Gasteiger partial charge in [0, 0.05) is 41.9 Å². The highest BCUT2D eigenvalue weighted by Gasteiger charge is 2.38. The van der Waals surface area contributed by atoms with Crippen LogP contribution in [0.5, 0.6) is 0 Å². The maximum absolute atomic E-state index is 13.8. The van der Waals surface area contributed by atoms with Crippen LogP contribution in [0.2, 0.25) is 0 Å². The zero-order chi connectivity index (χ0) is 23.1. The summed E-state index contributed by atoms with van der Waals surface area (Å²) < 4.78 is 64.2. The highest BCUT2D eigenvalue weighted by molar-refractivity contribution is 8.00. The lowest BCUT2D eigenvalue weighted by Crippen LogP contribution is -2.52. The standard InChI is InChI=1S/C20H22F4N4O2S2/c1-32(30)8-4-13(5-9-32)18(29)28-7-6-27(12-15(28)16-2-3-17(21)31-16)14-10-25-19(26-11-14)20(22,23)24/h2-3,10-11,13,15H,1,4-9,12H2. The van der Waals surface area contributed by atoms with Gasteiger partial charge in [0.05, 0.1) is 24.1 Å². The third-order valence-corrected chi connectivity index (χ3v) is 8.80. The highest BCUT2D eigenvalue weighted by Crippen LogP contribution is 2.35. The van der Waals surface area contributed by atoms with Crippen molar-refractivity contribution >= 4 is 38.3 Å². The van der Waals surface area contributed by atoms with Gasteiger partial charge in [-0.2, -0.15) is 17.6 Å². The van der Waals surface area contributed by atoms with E-state index in [9.17, 15) is 26.6 Å². The zero-order valence-electron chi connectivity index (χ0n) is 17.1. The van der Waals surface area contributed by atoms with Gasteiger partial charge in [-0.15, -0.1) is 11.3 Å². The predicted molar refractivity (Wildman–Crippen MR) is 116 cm³/mol. The lowest BCUT2D eigenvalue weighted by molar-refractivity contribution is -0.145. The van der Waals surface area contributed by atoms with Gasteiger partial charge in [0.1, 0.15) is 0 Å². The maximum Gasteiger partial charge on any atom is 0.451 e. The minimum Gasteiger partial charge on any atom is -0.365 e. The van der Waals surface area contributed by atoms with Gasteiger partial charge < -0.3 is 9.80 Å². The second-order valence-corrected chi connectivity index (χ2v) is 11.9. The minimum absolute atomic E-state index is 0.0676. The van der Waals surface area contributed by atoms with Crippen LogP contribution in [-0.2, 0) is 20.5 Å². The van der Waals surface area contributed by atoms with Gasteiger partial charge in [-0.1, -0.05) is 0 Å². The van der Waals surface area contributed by atoms with Crippen molar-refractivity contribution in [2.24, 2.45) is 5.92 Å². The number of thiophene rings is 1. The van der Waals surface area contributed by atoms with E-state index in [0.717, 1.165) is 23.7 Å². The fourth-order valence-electron chi connectivity index (χ4n) is 4.10. The molecule has 1 amide bonds. The smallest absolute Gasteiger partial charge is 0.365 e. The Morgan fingerprint density at radius 2 is 1.81 bits per heavy atom. The van der Waals surface area contributed by atoms with Crippen LogP contribution in [0.4, 0.5) is 23.2 Å². The van der Waals surface area contributed by atoms with Crippen LogP contribution in [0.15, 0.2) is 24.5 Å². The number of hydrogen-bond acceptors (Lipinski definition) is 6. The number of rotatable bonds is 3. The quantitative estimate of drug-likeness (QED) is 0.488. The number of hydrogen-bond donors (Lipinski definition) is 0. The number of carbonyl (C=O) groups is 1. The Morgan fingerprint density at radius 1 is 1.16 bits per heavy atom. The summed E-state index contributed by atoms with van der Waals surface area (Å²) in [6.07, 6.45) is -1.39. The Morgan fingerprint density at radius 3 is 2.38 bits per heavy atom. The highest BCUT2D eigenvalue weighted by atomic mass is 32.2. The van der Waals surface area contributed by atoms with Crippen molar-refractivity contribution in [1.82, 2.24) is 14.9 Å². The average molecular weight is 491 g/mol. The molecule has 12 heteroatoms. The molecule has 1 atom stereocenters. The third kappa shape index (κ3) is 4.90. The van der Waals surface area contributed by atoms with Crippen LogP contribution in [0, 0.1) is 11.0 Å². The zero-order valence-corrected chi connectivity index (χ0v) is 18.7. The summed E-state index contributed by atoms with van der Waals surface area (Å²) in [6, 6.07) is 2.50. The van der Waals surface area contributed by atoms with Crippen molar-refractivity contribution in [3.05, 3.63) is 40.4 Å². The number of amides is 1. The Bertz CT molecular complexity index is 1070.